The predicted molar refractivity (Wildman–Crippen MR) is 252 cm³/mol. The van der Waals surface area contributed by atoms with E-state index < -0.39 is 5.54 Å². The minimum Gasteiger partial charge on any atom is -0.399 e. The summed E-state index contributed by atoms with van der Waals surface area (Å²) in [4.78, 5) is 46.9. The van der Waals surface area contributed by atoms with Gasteiger partial charge in [-0.25, -0.2) is 15.0 Å². The average Bonchev–Trinajstić information content (AvgIpc) is 3.73. The van der Waals surface area contributed by atoms with Gasteiger partial charge in [0.1, 0.15) is 30.6 Å². The van der Waals surface area contributed by atoms with Crippen LogP contribution in [0, 0.1) is 0 Å². The SMILES string of the molecule is CO/N=C/c1c(N)ncnc1N1CCN(C(=O)Cc2ccc(C(C)C)cc2)CC1.Cn1cncc1[C@@](N)(c1ccc(Cl)cc1)c1ccc2c(c1)c(-c1cccc(Cl)c1)cc(=O)n2C. The van der Waals surface area contributed by atoms with Gasteiger partial charge in [-0.2, -0.15) is 0 Å². The Morgan fingerprint density at radius 1 is 0.905 bits per heavy atom. The number of fused-ring (bicyclic) bond motifs is 1. The number of amides is 1. The van der Waals surface area contributed by atoms with Crippen LogP contribution >= 0.6 is 23.2 Å². The van der Waals surface area contributed by atoms with Crippen molar-refractivity contribution < 1.29 is 9.63 Å². The highest BCUT2D eigenvalue weighted by Crippen LogP contribution is 2.38. The first-order valence-corrected chi connectivity index (χ1v) is 21.2. The number of carbonyl (C=O) groups is 1. The smallest absolute Gasteiger partial charge is 0.251 e. The molecule has 1 amide bonds. The molecule has 324 valence electrons. The summed E-state index contributed by atoms with van der Waals surface area (Å²) in [5, 5.41) is 5.92. The van der Waals surface area contributed by atoms with Crippen molar-refractivity contribution in [1.82, 2.24) is 29.0 Å². The number of benzene rings is 4. The quantitative estimate of drug-likeness (QED) is 0.104. The highest BCUT2D eigenvalue weighted by Gasteiger charge is 2.35. The first kappa shape index (κ1) is 44.5. The van der Waals surface area contributed by atoms with E-state index in [1.54, 1.807) is 30.2 Å². The number of anilines is 2. The van der Waals surface area contributed by atoms with Gasteiger partial charge in [-0.3, -0.25) is 9.59 Å². The van der Waals surface area contributed by atoms with Crippen molar-refractivity contribution in [1.29, 1.82) is 0 Å². The molecule has 4 N–H and O–H groups in total. The van der Waals surface area contributed by atoms with Gasteiger partial charge in [-0.15, -0.1) is 0 Å². The largest absolute Gasteiger partial charge is 0.399 e. The second-order valence-corrected chi connectivity index (χ2v) is 16.6. The monoisotopic (exact) mass is 884 g/mol. The third kappa shape index (κ3) is 9.61. The van der Waals surface area contributed by atoms with Crippen LogP contribution in [0.3, 0.4) is 0 Å². The normalized spacial score (nSPS) is 13.9. The molecule has 0 unspecified atom stereocenters. The number of piperazine rings is 1. The van der Waals surface area contributed by atoms with Crippen molar-refractivity contribution in [3.8, 4) is 11.1 Å². The zero-order valence-electron chi connectivity index (χ0n) is 35.9. The number of aryl methyl sites for hydroxylation is 2. The molecule has 63 heavy (non-hydrogen) atoms. The standard InChI is InChI=1S/C27H22Cl2N4O.C21H28N6O2/c1-32-16-31-15-25(32)27(30,18-6-9-20(28)10-7-18)19-8-11-24-23(13-19)22(14-26(34)33(24)2)17-4-3-5-21(29)12-17;1-15(2)17-6-4-16(5-7-17)12-19(28)26-8-10-27(11-9-26)21-18(13-25-29-3)20(22)23-14-24-21/h3-16H,30H2,1-2H3;4-7,13-15H,8-12H2,1-3H3,(H2,22,23,24)/b;25-13+/t27-;/m1./s1. The summed E-state index contributed by atoms with van der Waals surface area (Å²) >= 11 is 12.4. The molecule has 0 bridgehead atoms. The van der Waals surface area contributed by atoms with Crippen LogP contribution in [0.25, 0.3) is 22.0 Å². The highest BCUT2D eigenvalue weighted by atomic mass is 35.5. The number of nitrogen functional groups attached to an aromatic ring is 1. The molecule has 0 spiro atoms. The molecule has 1 atom stereocenters. The number of halogens is 2. The van der Waals surface area contributed by atoms with Crippen molar-refractivity contribution in [3.63, 3.8) is 0 Å². The molecule has 0 saturated carbocycles. The lowest BCUT2D eigenvalue weighted by molar-refractivity contribution is -0.130. The number of rotatable bonds is 10. The van der Waals surface area contributed by atoms with E-state index in [1.165, 1.54) is 25.2 Å². The zero-order chi connectivity index (χ0) is 44.8. The molecule has 0 aliphatic carbocycles. The molecule has 13 nitrogen and oxygen atoms in total. The third-order valence-corrected chi connectivity index (χ3v) is 12.0. The number of carbonyl (C=O) groups excluding carboxylic acids is 1. The van der Waals surface area contributed by atoms with Gasteiger partial charge in [0.25, 0.3) is 5.56 Å². The Kier molecular flexibility index (Phi) is 13.6. The number of oxime groups is 1. The van der Waals surface area contributed by atoms with Gasteiger partial charge in [-0.1, -0.05) is 96.8 Å². The van der Waals surface area contributed by atoms with E-state index in [0.29, 0.717) is 65.8 Å². The number of nitrogens with zero attached hydrogens (tertiary/aromatic N) is 8. The van der Waals surface area contributed by atoms with Crippen LogP contribution in [0.15, 0.2) is 126 Å². The van der Waals surface area contributed by atoms with Crippen LogP contribution in [0.2, 0.25) is 10.0 Å². The Labute approximate surface area is 376 Å². The Balaban J connectivity index is 0.000000192. The summed E-state index contributed by atoms with van der Waals surface area (Å²) in [6, 6.07) is 30.9. The lowest BCUT2D eigenvalue weighted by Gasteiger charge is -2.36. The molecule has 1 fully saturated rings. The number of aromatic nitrogens is 5. The molecule has 1 aliphatic heterocycles. The van der Waals surface area contributed by atoms with Crippen molar-refractivity contribution >= 4 is 57.9 Å². The number of imidazole rings is 1. The van der Waals surface area contributed by atoms with E-state index in [9.17, 15) is 9.59 Å². The van der Waals surface area contributed by atoms with Crippen molar-refractivity contribution in [2.24, 2.45) is 25.0 Å². The predicted octanol–water partition coefficient (Wildman–Crippen LogP) is 7.55. The van der Waals surface area contributed by atoms with Crippen LogP contribution in [0.4, 0.5) is 11.6 Å². The van der Waals surface area contributed by atoms with Gasteiger partial charge in [-0.05, 0) is 75.7 Å². The van der Waals surface area contributed by atoms with Crippen LogP contribution in [-0.4, -0.2) is 74.4 Å². The van der Waals surface area contributed by atoms with Crippen LogP contribution in [0.1, 0.15) is 53.3 Å². The topological polar surface area (TPSA) is 163 Å². The molecule has 4 aromatic carbocycles. The summed E-state index contributed by atoms with van der Waals surface area (Å²) in [6.45, 7) is 6.93. The minimum atomic E-state index is -1.01. The number of nitrogens with two attached hydrogens (primary N) is 2. The lowest BCUT2D eigenvalue weighted by atomic mass is 9.80. The minimum absolute atomic E-state index is 0.0985. The van der Waals surface area contributed by atoms with Gasteiger partial charge in [0.15, 0.2) is 0 Å². The molecule has 15 heteroatoms. The van der Waals surface area contributed by atoms with Gasteiger partial charge < -0.3 is 35.2 Å². The maximum atomic E-state index is 12.8. The molecule has 1 saturated heterocycles. The third-order valence-electron chi connectivity index (χ3n) is 11.5. The van der Waals surface area contributed by atoms with Crippen LogP contribution < -0.4 is 21.9 Å². The Hall–Kier alpha value is -6.54. The maximum Gasteiger partial charge on any atom is 0.251 e. The number of pyridine rings is 1. The van der Waals surface area contributed by atoms with Gasteiger partial charge in [0.05, 0.1) is 41.9 Å². The van der Waals surface area contributed by atoms with Crippen molar-refractivity contribution in [3.05, 3.63) is 170 Å². The van der Waals surface area contributed by atoms with Crippen LogP contribution in [0.5, 0.6) is 0 Å². The average molecular weight is 886 g/mol. The van der Waals surface area contributed by atoms with E-state index in [0.717, 1.165) is 44.4 Å². The Morgan fingerprint density at radius 3 is 2.27 bits per heavy atom. The van der Waals surface area contributed by atoms with Crippen molar-refractivity contribution in [2.75, 3.05) is 43.9 Å². The second kappa shape index (κ2) is 19.2. The summed E-state index contributed by atoms with van der Waals surface area (Å²) in [6.07, 6.45) is 6.88. The molecular formula is C48H50Cl2N10O3. The second-order valence-electron chi connectivity index (χ2n) is 15.8. The summed E-state index contributed by atoms with van der Waals surface area (Å²) in [5.74, 6) is 1.68. The van der Waals surface area contributed by atoms with Gasteiger partial charge in [0.2, 0.25) is 5.91 Å². The number of hydrogen-bond acceptors (Lipinski definition) is 10. The summed E-state index contributed by atoms with van der Waals surface area (Å²) in [7, 11) is 5.15. The fraction of sp³-hybridized carbons (Fsp3) is 0.250. The molecule has 7 aromatic rings. The Morgan fingerprint density at radius 2 is 1.62 bits per heavy atom. The maximum absolute atomic E-state index is 12.8. The van der Waals surface area contributed by atoms with E-state index in [2.05, 4.69) is 63.1 Å². The molecule has 1 aliphatic rings. The Bertz CT molecular complexity index is 2820. The van der Waals surface area contributed by atoms with E-state index in [4.69, 9.17) is 39.5 Å². The molecule has 4 heterocycles. The zero-order valence-corrected chi connectivity index (χ0v) is 37.4. The fourth-order valence-electron chi connectivity index (χ4n) is 7.87. The van der Waals surface area contributed by atoms with Gasteiger partial charge >= 0.3 is 0 Å². The molecule has 8 rings (SSSR count). The molecule has 0 radical (unpaired) electrons. The highest BCUT2D eigenvalue weighted by molar-refractivity contribution is 6.31. The molecular weight excluding hydrogens is 836 g/mol. The fourth-order valence-corrected chi connectivity index (χ4v) is 8.18. The molecule has 3 aromatic heterocycles. The van der Waals surface area contributed by atoms with Gasteiger partial charge in [0, 0.05) is 61.8 Å². The first-order valence-electron chi connectivity index (χ1n) is 20.5. The van der Waals surface area contributed by atoms with E-state index >= 15 is 0 Å². The van der Waals surface area contributed by atoms with Crippen LogP contribution in [-0.2, 0) is 35.7 Å². The summed E-state index contributed by atoms with van der Waals surface area (Å²) < 4.78 is 3.55. The lowest BCUT2D eigenvalue weighted by Crippen LogP contribution is -2.49. The van der Waals surface area contributed by atoms with E-state index in [1.807, 2.05) is 83.2 Å². The van der Waals surface area contributed by atoms with Crippen molar-refractivity contribution in [2.45, 2.75) is 31.7 Å². The number of hydrogen-bond donors (Lipinski definition) is 2. The van der Waals surface area contributed by atoms with E-state index in [-0.39, 0.29) is 11.5 Å². The first-order chi connectivity index (χ1) is 30.3. The summed E-state index contributed by atoms with van der Waals surface area (Å²) in [5.41, 5.74) is 20.1.